The molecule has 0 radical (unpaired) electrons. The Morgan fingerprint density at radius 2 is 1.70 bits per heavy atom. The van der Waals surface area contributed by atoms with Gasteiger partial charge in [-0.2, -0.15) is 0 Å². The number of hydrogen-bond acceptors (Lipinski definition) is 5. The summed E-state index contributed by atoms with van der Waals surface area (Å²) in [4.78, 5) is 34.6. The van der Waals surface area contributed by atoms with Gasteiger partial charge in [0.1, 0.15) is 11.8 Å². The Morgan fingerprint density at radius 1 is 1.13 bits per heavy atom. The fourth-order valence-electron chi connectivity index (χ4n) is 1.77. The van der Waals surface area contributed by atoms with Gasteiger partial charge in [-0.25, -0.2) is 4.79 Å². The van der Waals surface area contributed by atoms with Crippen LogP contribution in [0.3, 0.4) is 0 Å². The normalized spacial score (nSPS) is 12.2. The molecule has 0 aliphatic carbocycles. The molecular formula is C17H23NO5. The number of esters is 2. The van der Waals surface area contributed by atoms with Gasteiger partial charge >= 0.3 is 11.9 Å². The highest BCUT2D eigenvalue weighted by molar-refractivity contribution is 5.83. The van der Waals surface area contributed by atoms with Crippen LogP contribution < -0.4 is 10.1 Å². The summed E-state index contributed by atoms with van der Waals surface area (Å²) >= 11 is 0. The van der Waals surface area contributed by atoms with Gasteiger partial charge < -0.3 is 14.8 Å². The number of carbonyl (C=O) groups is 3. The molecule has 0 saturated heterocycles. The van der Waals surface area contributed by atoms with Crippen LogP contribution in [-0.2, 0) is 25.5 Å². The number of methoxy groups -OCH3 is 1. The lowest BCUT2D eigenvalue weighted by molar-refractivity contribution is -0.144. The van der Waals surface area contributed by atoms with Gasteiger partial charge in [0.25, 0.3) is 0 Å². The second-order valence-corrected chi connectivity index (χ2v) is 6.26. The molecule has 0 spiro atoms. The van der Waals surface area contributed by atoms with Crippen molar-refractivity contribution in [3.8, 4) is 5.75 Å². The molecule has 0 heterocycles. The topological polar surface area (TPSA) is 81.7 Å². The van der Waals surface area contributed by atoms with Gasteiger partial charge in [-0.15, -0.1) is 0 Å². The van der Waals surface area contributed by atoms with Crippen molar-refractivity contribution < 1.29 is 23.9 Å². The lowest BCUT2D eigenvalue weighted by Gasteiger charge is -2.17. The number of rotatable bonds is 5. The molecule has 1 rings (SSSR count). The van der Waals surface area contributed by atoms with E-state index < -0.39 is 17.4 Å². The zero-order valence-electron chi connectivity index (χ0n) is 14.1. The Kier molecular flexibility index (Phi) is 6.30. The fourth-order valence-corrected chi connectivity index (χ4v) is 1.77. The molecule has 6 nitrogen and oxygen atoms in total. The molecule has 1 aromatic rings. The number of carbonyl (C=O) groups excluding carboxylic acids is 3. The first-order valence-electron chi connectivity index (χ1n) is 7.29. The van der Waals surface area contributed by atoms with Crippen molar-refractivity contribution in [3.05, 3.63) is 29.8 Å². The van der Waals surface area contributed by atoms with Crippen molar-refractivity contribution in [2.24, 2.45) is 5.41 Å². The van der Waals surface area contributed by atoms with Crippen LogP contribution in [0.1, 0.15) is 33.3 Å². The minimum absolute atomic E-state index is 0.291. The lowest BCUT2D eigenvalue weighted by atomic mass is 9.97. The fraction of sp³-hybridized carbons (Fsp3) is 0.471. The molecule has 0 bridgehead atoms. The second-order valence-electron chi connectivity index (χ2n) is 6.26. The van der Waals surface area contributed by atoms with Crippen molar-refractivity contribution in [1.82, 2.24) is 5.32 Å². The highest BCUT2D eigenvalue weighted by Crippen LogP contribution is 2.20. The molecule has 0 fully saturated rings. The SMILES string of the molecule is COC(=O)[C@H](Cc1ccc(OC(=O)C(C)(C)C)cc1)NC(C)=O. The van der Waals surface area contributed by atoms with E-state index in [9.17, 15) is 14.4 Å². The van der Waals surface area contributed by atoms with Crippen LogP contribution in [0.15, 0.2) is 24.3 Å². The van der Waals surface area contributed by atoms with Crippen molar-refractivity contribution in [1.29, 1.82) is 0 Å². The minimum atomic E-state index is -0.750. The molecule has 1 atom stereocenters. The van der Waals surface area contributed by atoms with Gasteiger partial charge in [-0.3, -0.25) is 9.59 Å². The van der Waals surface area contributed by atoms with Crippen molar-refractivity contribution >= 4 is 17.8 Å². The average molecular weight is 321 g/mol. The highest BCUT2D eigenvalue weighted by Gasteiger charge is 2.24. The van der Waals surface area contributed by atoms with E-state index in [0.717, 1.165) is 5.56 Å². The summed E-state index contributed by atoms with van der Waals surface area (Å²) in [6, 6.07) is 6.04. The van der Waals surface area contributed by atoms with E-state index in [-0.39, 0.29) is 11.9 Å². The largest absolute Gasteiger partial charge is 0.467 e. The van der Waals surface area contributed by atoms with E-state index in [1.807, 2.05) is 0 Å². The first-order valence-corrected chi connectivity index (χ1v) is 7.29. The molecule has 126 valence electrons. The third-order valence-electron chi connectivity index (χ3n) is 3.05. The Bertz CT molecular complexity index is 572. The van der Waals surface area contributed by atoms with Gasteiger partial charge in [0.15, 0.2) is 0 Å². The van der Waals surface area contributed by atoms with E-state index in [1.54, 1.807) is 45.0 Å². The molecule has 1 N–H and O–H groups in total. The summed E-state index contributed by atoms with van der Waals surface area (Å²) in [5, 5.41) is 2.55. The van der Waals surface area contributed by atoms with E-state index >= 15 is 0 Å². The molecule has 23 heavy (non-hydrogen) atoms. The smallest absolute Gasteiger partial charge is 0.328 e. The summed E-state index contributed by atoms with van der Waals surface area (Å²) in [6.45, 7) is 6.67. The maximum absolute atomic E-state index is 11.8. The monoisotopic (exact) mass is 321 g/mol. The van der Waals surface area contributed by atoms with Crippen molar-refractivity contribution in [2.75, 3.05) is 7.11 Å². The summed E-state index contributed by atoms with van der Waals surface area (Å²) < 4.78 is 9.95. The van der Waals surface area contributed by atoms with Crippen LogP contribution in [0.2, 0.25) is 0 Å². The highest BCUT2D eigenvalue weighted by atomic mass is 16.5. The molecular weight excluding hydrogens is 298 g/mol. The van der Waals surface area contributed by atoms with Crippen LogP contribution in [0, 0.1) is 5.41 Å². The van der Waals surface area contributed by atoms with E-state index in [2.05, 4.69) is 10.1 Å². The predicted octanol–water partition coefficient (Wildman–Crippen LogP) is 1.86. The maximum Gasteiger partial charge on any atom is 0.328 e. The molecule has 0 saturated carbocycles. The Balaban J connectivity index is 2.77. The van der Waals surface area contributed by atoms with Gasteiger partial charge in [0, 0.05) is 13.3 Å². The Morgan fingerprint density at radius 3 is 2.13 bits per heavy atom. The van der Waals surface area contributed by atoms with E-state index in [0.29, 0.717) is 12.2 Å². The number of hydrogen-bond donors (Lipinski definition) is 1. The van der Waals surface area contributed by atoms with Crippen LogP contribution >= 0.6 is 0 Å². The number of nitrogens with one attached hydrogen (secondary N) is 1. The maximum atomic E-state index is 11.8. The van der Waals surface area contributed by atoms with E-state index in [1.165, 1.54) is 14.0 Å². The first kappa shape index (κ1) is 18.7. The van der Waals surface area contributed by atoms with Gasteiger partial charge in [0.05, 0.1) is 12.5 Å². The van der Waals surface area contributed by atoms with Gasteiger partial charge in [-0.1, -0.05) is 12.1 Å². The number of amides is 1. The standard InChI is InChI=1S/C17H23NO5/c1-11(19)18-14(15(20)22-5)10-12-6-8-13(9-7-12)23-16(21)17(2,3)4/h6-9,14H,10H2,1-5H3,(H,18,19)/t14-/m0/s1. The molecule has 0 unspecified atom stereocenters. The van der Waals surface area contributed by atoms with Crippen LogP contribution in [0.4, 0.5) is 0 Å². The molecule has 1 aromatic carbocycles. The second kappa shape index (κ2) is 7.76. The first-order chi connectivity index (χ1) is 10.6. The summed E-state index contributed by atoms with van der Waals surface area (Å²) in [7, 11) is 1.27. The third-order valence-corrected chi connectivity index (χ3v) is 3.05. The van der Waals surface area contributed by atoms with Crippen molar-refractivity contribution in [3.63, 3.8) is 0 Å². The Labute approximate surface area is 136 Å². The van der Waals surface area contributed by atoms with E-state index in [4.69, 9.17) is 4.74 Å². The zero-order valence-corrected chi connectivity index (χ0v) is 14.1. The van der Waals surface area contributed by atoms with Crippen molar-refractivity contribution in [2.45, 2.75) is 40.2 Å². The summed E-state index contributed by atoms with van der Waals surface area (Å²) in [5.74, 6) is -0.710. The van der Waals surface area contributed by atoms with Crippen LogP contribution in [0.25, 0.3) is 0 Å². The predicted molar refractivity (Wildman–Crippen MR) is 84.9 cm³/mol. The zero-order chi connectivity index (χ0) is 17.6. The van der Waals surface area contributed by atoms with Crippen LogP contribution in [0.5, 0.6) is 5.75 Å². The summed E-state index contributed by atoms with van der Waals surface area (Å²) in [5.41, 5.74) is 0.227. The number of ether oxygens (including phenoxy) is 2. The number of benzene rings is 1. The minimum Gasteiger partial charge on any atom is -0.467 e. The van der Waals surface area contributed by atoms with Gasteiger partial charge in [-0.05, 0) is 38.5 Å². The molecule has 0 aliphatic rings. The lowest BCUT2D eigenvalue weighted by Crippen LogP contribution is -2.41. The van der Waals surface area contributed by atoms with Gasteiger partial charge in [0.2, 0.25) is 5.91 Å². The quantitative estimate of drug-likeness (QED) is 0.661. The average Bonchev–Trinajstić information content (AvgIpc) is 2.46. The molecule has 0 aliphatic heterocycles. The third kappa shape index (κ3) is 6.10. The molecule has 0 aromatic heterocycles. The van der Waals surface area contributed by atoms with Crippen LogP contribution in [-0.4, -0.2) is 31.0 Å². The Hall–Kier alpha value is -2.37. The molecule has 1 amide bonds. The molecule has 6 heteroatoms. The summed E-state index contributed by atoms with van der Waals surface area (Å²) in [6.07, 6.45) is 0.291.